The molecule has 90 valence electrons. The minimum atomic E-state index is -0.235. The molecule has 1 aliphatic rings. The number of nitrogens with two attached hydrogens (primary N) is 1. The van der Waals surface area contributed by atoms with E-state index < -0.39 is 0 Å². The fourth-order valence-electron chi connectivity index (χ4n) is 3.06. The quantitative estimate of drug-likeness (QED) is 0.806. The summed E-state index contributed by atoms with van der Waals surface area (Å²) in [4.78, 5) is 0. The van der Waals surface area contributed by atoms with Crippen LogP contribution in [-0.4, -0.2) is 0 Å². The lowest BCUT2D eigenvalue weighted by Crippen LogP contribution is -2.38. The monoisotopic (exact) mass is 229 g/mol. The van der Waals surface area contributed by atoms with E-state index in [1.165, 1.54) is 30.2 Å². The molecule has 0 atom stereocenters. The van der Waals surface area contributed by atoms with E-state index >= 15 is 0 Å². The van der Waals surface area contributed by atoms with Crippen molar-refractivity contribution >= 4 is 11.0 Å². The van der Waals surface area contributed by atoms with E-state index in [2.05, 4.69) is 19.1 Å². The number of fused-ring (bicyclic) bond motifs is 1. The zero-order valence-electron chi connectivity index (χ0n) is 10.3. The van der Waals surface area contributed by atoms with Crippen LogP contribution in [0.25, 0.3) is 11.0 Å². The van der Waals surface area contributed by atoms with Crippen molar-refractivity contribution in [3.8, 4) is 0 Å². The molecule has 0 aliphatic heterocycles. The second-order valence-corrected chi connectivity index (χ2v) is 5.27. The van der Waals surface area contributed by atoms with Gasteiger partial charge in [0.05, 0.1) is 5.54 Å². The minimum absolute atomic E-state index is 0.235. The third-order valence-electron chi connectivity index (χ3n) is 4.04. The summed E-state index contributed by atoms with van der Waals surface area (Å²) in [6.07, 6.45) is 5.83. The van der Waals surface area contributed by atoms with Crippen molar-refractivity contribution in [2.75, 3.05) is 0 Å². The zero-order valence-corrected chi connectivity index (χ0v) is 10.3. The third kappa shape index (κ3) is 1.67. The van der Waals surface area contributed by atoms with Crippen LogP contribution in [0, 0.1) is 6.92 Å². The molecule has 1 aromatic carbocycles. The summed E-state index contributed by atoms with van der Waals surface area (Å²) in [5, 5.41) is 1.21. The molecule has 2 nitrogen and oxygen atoms in total. The first-order valence-corrected chi connectivity index (χ1v) is 6.48. The lowest BCUT2D eigenvalue weighted by atomic mass is 9.79. The van der Waals surface area contributed by atoms with Gasteiger partial charge < -0.3 is 10.2 Å². The predicted molar refractivity (Wildman–Crippen MR) is 69.9 cm³/mol. The van der Waals surface area contributed by atoms with Crippen molar-refractivity contribution < 1.29 is 4.42 Å². The van der Waals surface area contributed by atoms with Crippen LogP contribution in [0.5, 0.6) is 0 Å². The van der Waals surface area contributed by atoms with Crippen molar-refractivity contribution in [2.45, 2.75) is 44.6 Å². The highest BCUT2D eigenvalue weighted by Gasteiger charge is 2.34. The Kier molecular flexibility index (Phi) is 2.48. The fourth-order valence-corrected chi connectivity index (χ4v) is 3.06. The van der Waals surface area contributed by atoms with Gasteiger partial charge in [0.1, 0.15) is 11.3 Å². The normalized spacial score (nSPS) is 19.6. The maximum absolute atomic E-state index is 6.55. The van der Waals surface area contributed by atoms with Crippen molar-refractivity contribution in [1.82, 2.24) is 0 Å². The first-order chi connectivity index (χ1) is 8.21. The maximum atomic E-state index is 6.55. The molecular formula is C15H19NO. The molecule has 0 unspecified atom stereocenters. The van der Waals surface area contributed by atoms with Gasteiger partial charge in [-0.1, -0.05) is 37.5 Å². The Morgan fingerprint density at radius 1 is 1.12 bits per heavy atom. The topological polar surface area (TPSA) is 39.2 Å². The van der Waals surface area contributed by atoms with Crippen LogP contribution < -0.4 is 5.73 Å². The molecule has 2 N–H and O–H groups in total. The van der Waals surface area contributed by atoms with Crippen molar-refractivity contribution in [3.05, 3.63) is 35.6 Å². The Bertz CT molecular complexity index is 535. The van der Waals surface area contributed by atoms with Crippen LogP contribution in [0.15, 0.2) is 28.7 Å². The number of aryl methyl sites for hydroxylation is 1. The summed E-state index contributed by atoms with van der Waals surface area (Å²) in [7, 11) is 0. The molecule has 0 saturated heterocycles. The molecule has 0 bridgehead atoms. The molecule has 0 spiro atoms. The van der Waals surface area contributed by atoms with Gasteiger partial charge in [-0.2, -0.15) is 0 Å². The molecule has 0 radical (unpaired) electrons. The number of rotatable bonds is 1. The largest absolute Gasteiger partial charge is 0.459 e. The molecule has 2 heteroatoms. The molecule has 1 fully saturated rings. The zero-order chi connectivity index (χ0) is 11.9. The lowest BCUT2D eigenvalue weighted by Gasteiger charge is -2.32. The molecule has 0 amide bonds. The molecule has 3 rings (SSSR count). The molecule has 17 heavy (non-hydrogen) atoms. The Balaban J connectivity index is 2.13. The highest BCUT2D eigenvalue weighted by molar-refractivity contribution is 5.82. The van der Waals surface area contributed by atoms with Gasteiger partial charge in [0.25, 0.3) is 0 Å². The van der Waals surface area contributed by atoms with Gasteiger partial charge in [-0.05, 0) is 25.8 Å². The van der Waals surface area contributed by atoms with Crippen LogP contribution in [0.3, 0.4) is 0 Å². The van der Waals surface area contributed by atoms with E-state index in [-0.39, 0.29) is 5.54 Å². The summed E-state index contributed by atoms with van der Waals surface area (Å²) >= 11 is 0. The number of benzene rings is 1. The molecule has 1 saturated carbocycles. The predicted octanol–water partition coefficient (Wildman–Crippen LogP) is 3.86. The van der Waals surface area contributed by atoms with Gasteiger partial charge in [-0.25, -0.2) is 0 Å². The van der Waals surface area contributed by atoms with Crippen molar-refractivity contribution in [3.63, 3.8) is 0 Å². The maximum Gasteiger partial charge on any atom is 0.134 e. The lowest BCUT2D eigenvalue weighted by molar-refractivity contribution is 0.256. The molecule has 1 aromatic heterocycles. The van der Waals surface area contributed by atoms with Gasteiger partial charge in [-0.3, -0.25) is 0 Å². The average molecular weight is 229 g/mol. The van der Waals surface area contributed by atoms with Crippen molar-refractivity contribution in [1.29, 1.82) is 0 Å². The van der Waals surface area contributed by atoms with Crippen LogP contribution in [0.2, 0.25) is 0 Å². The van der Waals surface area contributed by atoms with E-state index in [1.807, 2.05) is 12.1 Å². The van der Waals surface area contributed by atoms with Gasteiger partial charge in [0.2, 0.25) is 0 Å². The number of hydrogen-bond acceptors (Lipinski definition) is 2. The van der Waals surface area contributed by atoms with E-state index in [1.54, 1.807) is 0 Å². The van der Waals surface area contributed by atoms with Crippen LogP contribution >= 0.6 is 0 Å². The van der Waals surface area contributed by atoms with E-state index in [0.717, 1.165) is 24.2 Å². The summed E-state index contributed by atoms with van der Waals surface area (Å²) in [6.45, 7) is 2.13. The standard InChI is InChI=1S/C15H19NO/c1-11-12-7-3-4-8-13(12)17-14(11)15(16)9-5-2-6-10-15/h3-4,7-8H,2,5-6,9-10,16H2,1H3. The van der Waals surface area contributed by atoms with Gasteiger partial charge in [0.15, 0.2) is 0 Å². The number of para-hydroxylation sites is 1. The van der Waals surface area contributed by atoms with Gasteiger partial charge >= 0.3 is 0 Å². The molecule has 1 heterocycles. The first kappa shape index (κ1) is 10.8. The van der Waals surface area contributed by atoms with E-state index in [0.29, 0.717) is 0 Å². The summed E-state index contributed by atoms with van der Waals surface area (Å²) in [6, 6.07) is 8.21. The SMILES string of the molecule is Cc1c(C2(N)CCCCC2)oc2ccccc12. The summed E-state index contributed by atoms with van der Waals surface area (Å²) < 4.78 is 6.02. The third-order valence-corrected chi connectivity index (χ3v) is 4.04. The second-order valence-electron chi connectivity index (χ2n) is 5.27. The summed E-state index contributed by atoms with van der Waals surface area (Å²) in [5.74, 6) is 1.01. The summed E-state index contributed by atoms with van der Waals surface area (Å²) in [5.41, 5.74) is 8.51. The fraction of sp³-hybridized carbons (Fsp3) is 0.467. The minimum Gasteiger partial charge on any atom is -0.459 e. The Hall–Kier alpha value is -1.28. The van der Waals surface area contributed by atoms with E-state index in [9.17, 15) is 0 Å². The Morgan fingerprint density at radius 2 is 1.82 bits per heavy atom. The van der Waals surface area contributed by atoms with Crippen LogP contribution in [0.4, 0.5) is 0 Å². The van der Waals surface area contributed by atoms with Crippen molar-refractivity contribution in [2.24, 2.45) is 5.73 Å². The Morgan fingerprint density at radius 3 is 2.53 bits per heavy atom. The highest BCUT2D eigenvalue weighted by atomic mass is 16.3. The first-order valence-electron chi connectivity index (χ1n) is 6.48. The average Bonchev–Trinajstić information content (AvgIpc) is 2.69. The Labute approximate surface area is 102 Å². The molecule has 1 aliphatic carbocycles. The molecule has 2 aromatic rings. The number of hydrogen-bond donors (Lipinski definition) is 1. The van der Waals surface area contributed by atoms with Crippen LogP contribution in [-0.2, 0) is 5.54 Å². The van der Waals surface area contributed by atoms with E-state index in [4.69, 9.17) is 10.2 Å². The highest BCUT2D eigenvalue weighted by Crippen LogP contribution is 2.39. The molecular weight excluding hydrogens is 210 g/mol. The van der Waals surface area contributed by atoms with Crippen LogP contribution in [0.1, 0.15) is 43.4 Å². The van der Waals surface area contributed by atoms with Gasteiger partial charge in [0, 0.05) is 10.9 Å². The second kappa shape index (κ2) is 3.88. The van der Waals surface area contributed by atoms with Gasteiger partial charge in [-0.15, -0.1) is 0 Å². The smallest absolute Gasteiger partial charge is 0.134 e. The number of furan rings is 1.